The van der Waals surface area contributed by atoms with Gasteiger partial charge in [0.05, 0.1) is 22.5 Å². The van der Waals surface area contributed by atoms with Gasteiger partial charge in [-0.2, -0.15) is 0 Å². The summed E-state index contributed by atoms with van der Waals surface area (Å²) < 4.78 is 0. The van der Waals surface area contributed by atoms with Crippen molar-refractivity contribution in [1.82, 2.24) is 29.9 Å². The molecule has 7 heteroatoms. The molecule has 116 valence electrons. The standard InChI is InChI=1S/C17H12N6S/c1-11-15(24-17(22-11)12-3-2-5-18-9-12)13-4-6-21-16(23-13)14-10-19-7-8-20-14/h2-10H,1H3. The Morgan fingerprint density at radius 3 is 2.54 bits per heavy atom. The maximum atomic E-state index is 4.65. The molecule has 0 bridgehead atoms. The predicted molar refractivity (Wildman–Crippen MR) is 92.1 cm³/mol. The van der Waals surface area contributed by atoms with Crippen LogP contribution in [0.25, 0.3) is 32.7 Å². The van der Waals surface area contributed by atoms with Crippen LogP contribution in [0.3, 0.4) is 0 Å². The summed E-state index contributed by atoms with van der Waals surface area (Å²) >= 11 is 1.59. The van der Waals surface area contributed by atoms with E-state index in [0.29, 0.717) is 11.5 Å². The van der Waals surface area contributed by atoms with Crippen LogP contribution in [0.2, 0.25) is 0 Å². The molecule has 0 atom stereocenters. The van der Waals surface area contributed by atoms with Crippen molar-refractivity contribution in [2.24, 2.45) is 0 Å². The van der Waals surface area contributed by atoms with Crippen LogP contribution in [0.4, 0.5) is 0 Å². The number of aromatic nitrogens is 6. The number of rotatable bonds is 3. The number of aryl methyl sites for hydroxylation is 1. The first-order chi connectivity index (χ1) is 11.8. The molecule has 0 aliphatic heterocycles. The highest BCUT2D eigenvalue weighted by atomic mass is 32.1. The highest BCUT2D eigenvalue weighted by Crippen LogP contribution is 2.34. The minimum absolute atomic E-state index is 0.552. The van der Waals surface area contributed by atoms with E-state index in [-0.39, 0.29) is 0 Å². The predicted octanol–water partition coefficient (Wildman–Crippen LogP) is 3.43. The Morgan fingerprint density at radius 1 is 0.833 bits per heavy atom. The third-order valence-electron chi connectivity index (χ3n) is 3.39. The van der Waals surface area contributed by atoms with Crippen LogP contribution < -0.4 is 0 Å². The molecule has 0 aliphatic carbocycles. The van der Waals surface area contributed by atoms with Gasteiger partial charge in [-0.25, -0.2) is 19.9 Å². The average molecular weight is 332 g/mol. The zero-order valence-corrected chi connectivity index (χ0v) is 13.6. The maximum absolute atomic E-state index is 4.65. The van der Waals surface area contributed by atoms with E-state index in [2.05, 4.69) is 29.9 Å². The fourth-order valence-electron chi connectivity index (χ4n) is 2.27. The molecule has 0 spiro atoms. The summed E-state index contributed by atoms with van der Waals surface area (Å²) in [6.07, 6.45) is 10.2. The molecular formula is C17H12N6S. The molecule has 0 radical (unpaired) electrons. The van der Waals surface area contributed by atoms with E-state index >= 15 is 0 Å². The molecule has 0 aromatic carbocycles. The minimum Gasteiger partial charge on any atom is -0.264 e. The molecule has 4 rings (SSSR count). The van der Waals surface area contributed by atoms with Crippen LogP contribution in [0, 0.1) is 6.92 Å². The summed E-state index contributed by atoms with van der Waals surface area (Å²) in [5.74, 6) is 0.552. The number of pyridine rings is 1. The van der Waals surface area contributed by atoms with Crippen molar-refractivity contribution in [2.75, 3.05) is 0 Å². The SMILES string of the molecule is Cc1nc(-c2cccnc2)sc1-c1ccnc(-c2cnccn2)n1. The van der Waals surface area contributed by atoms with E-state index in [0.717, 1.165) is 26.8 Å². The molecule has 0 N–H and O–H groups in total. The fourth-order valence-corrected chi connectivity index (χ4v) is 3.30. The van der Waals surface area contributed by atoms with Gasteiger partial charge in [-0.1, -0.05) is 0 Å². The summed E-state index contributed by atoms with van der Waals surface area (Å²) in [6.45, 7) is 1.98. The van der Waals surface area contributed by atoms with Crippen molar-refractivity contribution in [1.29, 1.82) is 0 Å². The molecule has 4 aromatic heterocycles. The van der Waals surface area contributed by atoms with Crippen molar-refractivity contribution in [2.45, 2.75) is 6.92 Å². The van der Waals surface area contributed by atoms with Crippen LogP contribution in [0.15, 0.2) is 55.4 Å². The topological polar surface area (TPSA) is 77.3 Å². The van der Waals surface area contributed by atoms with Gasteiger partial charge in [0.2, 0.25) is 0 Å². The quantitative estimate of drug-likeness (QED) is 0.572. The lowest BCUT2D eigenvalue weighted by molar-refractivity contribution is 1.11. The van der Waals surface area contributed by atoms with Crippen molar-refractivity contribution >= 4 is 11.3 Å². The van der Waals surface area contributed by atoms with Gasteiger partial charge >= 0.3 is 0 Å². The van der Waals surface area contributed by atoms with Gasteiger partial charge < -0.3 is 0 Å². The molecule has 0 saturated heterocycles. The van der Waals surface area contributed by atoms with Gasteiger partial charge in [0.1, 0.15) is 10.7 Å². The molecule has 0 unspecified atom stereocenters. The van der Waals surface area contributed by atoms with Crippen LogP contribution in [0.1, 0.15) is 5.69 Å². The van der Waals surface area contributed by atoms with Crippen LogP contribution in [-0.2, 0) is 0 Å². The molecule has 4 aromatic rings. The Labute approximate surface area is 142 Å². The molecule has 0 saturated carbocycles. The molecule has 6 nitrogen and oxygen atoms in total. The van der Waals surface area contributed by atoms with E-state index in [1.165, 1.54) is 0 Å². The highest BCUT2D eigenvalue weighted by Gasteiger charge is 2.14. The van der Waals surface area contributed by atoms with Crippen molar-refractivity contribution in [3.05, 3.63) is 61.1 Å². The lowest BCUT2D eigenvalue weighted by Crippen LogP contribution is -1.93. The summed E-state index contributed by atoms with van der Waals surface area (Å²) in [4.78, 5) is 27.0. The van der Waals surface area contributed by atoms with Crippen LogP contribution in [0.5, 0.6) is 0 Å². The first-order valence-electron chi connectivity index (χ1n) is 7.29. The Balaban J connectivity index is 1.76. The summed E-state index contributed by atoms with van der Waals surface area (Å²) in [5.41, 5.74) is 3.41. The minimum atomic E-state index is 0.552. The third kappa shape index (κ3) is 2.77. The van der Waals surface area contributed by atoms with E-state index in [9.17, 15) is 0 Å². The first kappa shape index (κ1) is 14.5. The van der Waals surface area contributed by atoms with Gasteiger partial charge in [0, 0.05) is 36.5 Å². The number of hydrogen-bond donors (Lipinski definition) is 0. The van der Waals surface area contributed by atoms with E-state index in [1.807, 2.05) is 31.3 Å². The molecule has 24 heavy (non-hydrogen) atoms. The zero-order valence-electron chi connectivity index (χ0n) is 12.8. The average Bonchev–Trinajstić information content (AvgIpc) is 3.05. The lowest BCUT2D eigenvalue weighted by atomic mass is 10.2. The van der Waals surface area contributed by atoms with Crippen molar-refractivity contribution in [3.8, 4) is 32.7 Å². The van der Waals surface area contributed by atoms with Crippen LogP contribution >= 0.6 is 11.3 Å². The normalized spacial score (nSPS) is 10.7. The van der Waals surface area contributed by atoms with E-state index in [1.54, 1.807) is 42.3 Å². The fraction of sp³-hybridized carbons (Fsp3) is 0.0588. The van der Waals surface area contributed by atoms with Crippen molar-refractivity contribution in [3.63, 3.8) is 0 Å². The Morgan fingerprint density at radius 2 is 1.75 bits per heavy atom. The first-order valence-corrected chi connectivity index (χ1v) is 8.10. The molecule has 4 heterocycles. The molecule has 0 aliphatic rings. The van der Waals surface area contributed by atoms with E-state index in [4.69, 9.17) is 0 Å². The van der Waals surface area contributed by atoms with Gasteiger partial charge in [-0.05, 0) is 25.1 Å². The third-order valence-corrected chi connectivity index (χ3v) is 4.61. The molecule has 0 fully saturated rings. The summed E-state index contributed by atoms with van der Waals surface area (Å²) in [7, 11) is 0. The Bertz CT molecular complexity index is 969. The number of hydrogen-bond acceptors (Lipinski definition) is 7. The van der Waals surface area contributed by atoms with Gasteiger partial charge in [0.25, 0.3) is 0 Å². The van der Waals surface area contributed by atoms with E-state index < -0.39 is 0 Å². The lowest BCUT2D eigenvalue weighted by Gasteiger charge is -2.01. The summed E-state index contributed by atoms with van der Waals surface area (Å²) in [5, 5.41) is 0.926. The smallest absolute Gasteiger partial charge is 0.180 e. The maximum Gasteiger partial charge on any atom is 0.180 e. The second-order valence-corrected chi connectivity index (χ2v) is 6.03. The monoisotopic (exact) mass is 332 g/mol. The van der Waals surface area contributed by atoms with Gasteiger partial charge in [-0.15, -0.1) is 11.3 Å². The van der Waals surface area contributed by atoms with Gasteiger partial charge in [0.15, 0.2) is 5.82 Å². The second kappa shape index (κ2) is 6.21. The van der Waals surface area contributed by atoms with Gasteiger partial charge in [-0.3, -0.25) is 9.97 Å². The Hall–Kier alpha value is -3.06. The largest absolute Gasteiger partial charge is 0.264 e. The summed E-state index contributed by atoms with van der Waals surface area (Å²) in [6, 6.07) is 5.79. The number of thiazole rings is 1. The Kier molecular flexibility index (Phi) is 3.76. The second-order valence-electron chi connectivity index (χ2n) is 5.03. The number of nitrogens with zero attached hydrogens (tertiary/aromatic N) is 6. The zero-order chi connectivity index (χ0) is 16.4. The molecular weight excluding hydrogens is 320 g/mol. The molecule has 0 amide bonds. The highest BCUT2D eigenvalue weighted by molar-refractivity contribution is 7.18. The van der Waals surface area contributed by atoms with Crippen LogP contribution in [-0.4, -0.2) is 29.9 Å². The van der Waals surface area contributed by atoms with Crippen molar-refractivity contribution < 1.29 is 0 Å².